The molecule has 0 heterocycles. The minimum atomic E-state index is -0.383. The summed E-state index contributed by atoms with van der Waals surface area (Å²) < 4.78 is 0. The Morgan fingerprint density at radius 3 is 2.48 bits per heavy atom. The minimum absolute atomic E-state index is 0.0734. The van der Waals surface area contributed by atoms with E-state index in [0.29, 0.717) is 0 Å². The van der Waals surface area contributed by atoms with Crippen LogP contribution in [0.1, 0.15) is 58.8 Å². The number of carbonyl (C=O) groups is 1. The Balaban J connectivity index is 1.93. The zero-order chi connectivity index (χ0) is 15.4. The number of amides is 1. The number of rotatable bonds is 4. The van der Waals surface area contributed by atoms with E-state index in [9.17, 15) is 4.79 Å². The van der Waals surface area contributed by atoms with Gasteiger partial charge in [-0.1, -0.05) is 44.7 Å². The summed E-state index contributed by atoms with van der Waals surface area (Å²) in [5.74, 6) is 1.93. The molecule has 0 bridgehead atoms. The molecule has 1 amide bonds. The first-order chi connectivity index (χ1) is 10.0. The van der Waals surface area contributed by atoms with Crippen LogP contribution in [0.15, 0.2) is 5.16 Å². The van der Waals surface area contributed by atoms with Crippen molar-refractivity contribution >= 4 is 11.7 Å². The minimum Gasteiger partial charge on any atom is -0.409 e. The van der Waals surface area contributed by atoms with E-state index in [1.165, 1.54) is 32.1 Å². The van der Waals surface area contributed by atoms with Crippen molar-refractivity contribution in [2.24, 2.45) is 34.6 Å². The van der Waals surface area contributed by atoms with Crippen molar-refractivity contribution in [2.75, 3.05) is 0 Å². The zero-order valence-electron chi connectivity index (χ0n) is 13.2. The fourth-order valence-electron chi connectivity index (χ4n) is 4.03. The van der Waals surface area contributed by atoms with E-state index >= 15 is 0 Å². The van der Waals surface area contributed by atoms with E-state index in [1.54, 1.807) is 0 Å². The first-order valence-electron chi connectivity index (χ1n) is 8.30. The van der Waals surface area contributed by atoms with Gasteiger partial charge < -0.3 is 16.3 Å². The highest BCUT2D eigenvalue weighted by molar-refractivity contribution is 5.90. The van der Waals surface area contributed by atoms with Gasteiger partial charge in [-0.3, -0.25) is 4.79 Å². The Hall–Kier alpha value is -1.26. The van der Waals surface area contributed by atoms with Crippen molar-refractivity contribution in [1.29, 1.82) is 0 Å². The van der Waals surface area contributed by atoms with Gasteiger partial charge in [-0.05, 0) is 37.0 Å². The van der Waals surface area contributed by atoms with E-state index in [0.717, 1.165) is 24.7 Å². The molecule has 4 atom stereocenters. The number of hydrogen-bond acceptors (Lipinski definition) is 3. The molecule has 0 saturated heterocycles. The van der Waals surface area contributed by atoms with Gasteiger partial charge in [0.25, 0.3) is 0 Å². The van der Waals surface area contributed by atoms with Gasteiger partial charge in [-0.15, -0.1) is 0 Å². The second-order valence-corrected chi connectivity index (χ2v) is 7.07. The van der Waals surface area contributed by atoms with Crippen LogP contribution in [0.5, 0.6) is 0 Å². The van der Waals surface area contributed by atoms with Crippen LogP contribution >= 0.6 is 0 Å². The molecule has 0 aromatic heterocycles. The van der Waals surface area contributed by atoms with Crippen LogP contribution in [0, 0.1) is 23.7 Å². The predicted octanol–water partition coefficient (Wildman–Crippen LogP) is 2.48. The highest BCUT2D eigenvalue weighted by Crippen LogP contribution is 2.42. The summed E-state index contributed by atoms with van der Waals surface area (Å²) in [6.07, 6.45) is 8.47. The lowest BCUT2D eigenvalue weighted by Crippen LogP contribution is -2.50. The number of carbonyl (C=O) groups excluding carboxylic acids is 1. The Morgan fingerprint density at radius 2 is 1.86 bits per heavy atom. The van der Waals surface area contributed by atoms with E-state index in [2.05, 4.69) is 10.5 Å². The molecular formula is C16H29N3O2. The van der Waals surface area contributed by atoms with E-state index in [4.69, 9.17) is 10.9 Å². The molecule has 2 fully saturated rings. The second kappa shape index (κ2) is 7.14. The van der Waals surface area contributed by atoms with Crippen LogP contribution in [0.4, 0.5) is 0 Å². The summed E-state index contributed by atoms with van der Waals surface area (Å²) in [5.41, 5.74) is 5.69. The molecular weight excluding hydrogens is 266 g/mol. The number of nitrogens with zero attached hydrogens (tertiary/aromatic N) is 1. The van der Waals surface area contributed by atoms with Gasteiger partial charge in [0, 0.05) is 5.92 Å². The summed E-state index contributed by atoms with van der Waals surface area (Å²) in [4.78, 5) is 12.5. The molecule has 4 N–H and O–H groups in total. The lowest BCUT2D eigenvalue weighted by Gasteiger charge is -2.39. The summed E-state index contributed by atoms with van der Waals surface area (Å²) in [7, 11) is 0. The van der Waals surface area contributed by atoms with Crippen LogP contribution in [0.2, 0.25) is 0 Å². The number of nitrogens with one attached hydrogen (secondary N) is 1. The van der Waals surface area contributed by atoms with E-state index < -0.39 is 0 Å². The Bertz CT molecular complexity index is 395. The molecule has 0 aromatic carbocycles. The Labute approximate surface area is 127 Å². The van der Waals surface area contributed by atoms with Crippen LogP contribution in [0.25, 0.3) is 0 Å². The van der Waals surface area contributed by atoms with Crippen LogP contribution in [-0.2, 0) is 4.79 Å². The van der Waals surface area contributed by atoms with Crippen molar-refractivity contribution in [2.45, 2.75) is 64.8 Å². The molecule has 5 nitrogen and oxygen atoms in total. The Morgan fingerprint density at radius 1 is 1.19 bits per heavy atom. The first-order valence-corrected chi connectivity index (χ1v) is 8.30. The largest absolute Gasteiger partial charge is 0.409 e. The van der Waals surface area contributed by atoms with Crippen LogP contribution in [0.3, 0.4) is 0 Å². The van der Waals surface area contributed by atoms with Crippen molar-refractivity contribution < 1.29 is 10.0 Å². The van der Waals surface area contributed by atoms with Crippen molar-refractivity contribution in [3.8, 4) is 0 Å². The third kappa shape index (κ3) is 3.89. The van der Waals surface area contributed by atoms with Crippen molar-refractivity contribution in [3.63, 3.8) is 0 Å². The summed E-state index contributed by atoms with van der Waals surface area (Å²) in [6, 6.07) is -0.383. The normalized spacial score (nSPS) is 31.6. The van der Waals surface area contributed by atoms with Crippen molar-refractivity contribution in [3.05, 3.63) is 0 Å². The molecule has 2 aliphatic rings. The second-order valence-electron chi connectivity index (χ2n) is 7.07. The fraction of sp³-hybridized carbons (Fsp3) is 0.875. The van der Waals surface area contributed by atoms with Gasteiger partial charge in [0.15, 0.2) is 5.84 Å². The fourth-order valence-corrected chi connectivity index (χ4v) is 4.03. The molecule has 2 rings (SSSR count). The molecule has 2 aliphatic carbocycles. The lowest BCUT2D eigenvalue weighted by molar-refractivity contribution is -0.127. The Kier molecular flexibility index (Phi) is 5.48. The van der Waals surface area contributed by atoms with Gasteiger partial charge in [0.05, 0.1) is 6.04 Å². The van der Waals surface area contributed by atoms with Gasteiger partial charge in [0.2, 0.25) is 5.91 Å². The maximum absolute atomic E-state index is 12.5. The summed E-state index contributed by atoms with van der Waals surface area (Å²) >= 11 is 0. The quantitative estimate of drug-likeness (QED) is 0.322. The molecule has 0 radical (unpaired) electrons. The van der Waals surface area contributed by atoms with Crippen molar-refractivity contribution in [1.82, 2.24) is 5.32 Å². The van der Waals surface area contributed by atoms with E-state index in [1.807, 2.05) is 13.8 Å². The van der Waals surface area contributed by atoms with Gasteiger partial charge in [0.1, 0.15) is 0 Å². The number of oxime groups is 1. The maximum Gasteiger partial charge on any atom is 0.223 e. The molecule has 21 heavy (non-hydrogen) atoms. The lowest BCUT2D eigenvalue weighted by atomic mass is 9.67. The number of hydrogen-bond donors (Lipinski definition) is 3. The number of amidine groups is 1. The number of fused-ring (bicyclic) bond motifs is 1. The highest BCUT2D eigenvalue weighted by Gasteiger charge is 2.36. The third-order valence-corrected chi connectivity index (χ3v) is 5.31. The summed E-state index contributed by atoms with van der Waals surface area (Å²) in [5, 5.41) is 14.9. The zero-order valence-corrected chi connectivity index (χ0v) is 13.2. The highest BCUT2D eigenvalue weighted by atomic mass is 16.4. The van der Waals surface area contributed by atoms with E-state index in [-0.39, 0.29) is 29.6 Å². The molecule has 5 heteroatoms. The number of nitrogens with two attached hydrogens (primary N) is 1. The topological polar surface area (TPSA) is 87.7 Å². The SMILES string of the molecule is CC(C)C(NC(=O)C1CCC2CCCCC2C1)C(N)=NO. The van der Waals surface area contributed by atoms with Crippen LogP contribution in [-0.4, -0.2) is 23.0 Å². The summed E-state index contributed by atoms with van der Waals surface area (Å²) in [6.45, 7) is 3.92. The van der Waals surface area contributed by atoms with Crippen LogP contribution < -0.4 is 11.1 Å². The van der Waals surface area contributed by atoms with Gasteiger partial charge in [-0.2, -0.15) is 0 Å². The average molecular weight is 295 g/mol. The molecule has 2 saturated carbocycles. The smallest absolute Gasteiger partial charge is 0.223 e. The first kappa shape index (κ1) is 16.1. The van der Waals surface area contributed by atoms with Gasteiger partial charge >= 0.3 is 0 Å². The molecule has 4 unspecified atom stereocenters. The standard InChI is InChI=1S/C16H29N3O2/c1-10(2)14(15(17)19-21)18-16(20)13-8-7-11-5-3-4-6-12(11)9-13/h10-14,21H,3-9H2,1-2H3,(H2,17,19)(H,18,20). The molecule has 0 aromatic rings. The van der Waals surface area contributed by atoms with Gasteiger partial charge in [-0.25, -0.2) is 0 Å². The average Bonchev–Trinajstić information content (AvgIpc) is 2.50. The maximum atomic E-state index is 12.5. The predicted molar refractivity (Wildman–Crippen MR) is 83.0 cm³/mol. The monoisotopic (exact) mass is 295 g/mol. The molecule has 120 valence electrons. The third-order valence-electron chi connectivity index (χ3n) is 5.31. The molecule has 0 aliphatic heterocycles. The molecule has 0 spiro atoms.